The van der Waals surface area contributed by atoms with E-state index in [2.05, 4.69) is 5.32 Å². The van der Waals surface area contributed by atoms with Crippen LogP contribution in [0.15, 0.2) is 24.3 Å². The van der Waals surface area contributed by atoms with Crippen molar-refractivity contribution in [1.29, 1.82) is 0 Å². The number of nitrogens with one attached hydrogen (secondary N) is 1. The zero-order chi connectivity index (χ0) is 15.4. The Morgan fingerprint density at radius 2 is 2.14 bits per heavy atom. The molecule has 0 heterocycles. The molecule has 2 atom stereocenters. The summed E-state index contributed by atoms with van der Waals surface area (Å²) in [5.41, 5.74) is 0.691. The molecule has 6 nitrogen and oxygen atoms in total. The molecule has 2 rings (SSSR count). The minimum atomic E-state index is -0.846. The lowest BCUT2D eigenvalue weighted by molar-refractivity contribution is -0.142. The zero-order valence-electron chi connectivity index (χ0n) is 12.2. The summed E-state index contributed by atoms with van der Waals surface area (Å²) in [4.78, 5) is 24.8. The van der Waals surface area contributed by atoms with Gasteiger partial charge in [0.15, 0.2) is 0 Å². The van der Waals surface area contributed by atoms with Crippen LogP contribution in [-0.2, 0) is 4.79 Å². The Labute approximate surface area is 123 Å². The Bertz CT molecular complexity index is 532. The average molecular weight is 292 g/mol. The molecule has 2 unspecified atom stereocenters. The van der Waals surface area contributed by atoms with Crippen molar-refractivity contribution < 1.29 is 19.4 Å². The van der Waals surface area contributed by atoms with Gasteiger partial charge in [0.25, 0.3) is 0 Å². The second-order valence-electron chi connectivity index (χ2n) is 5.19. The number of benzene rings is 1. The van der Waals surface area contributed by atoms with Gasteiger partial charge in [-0.3, -0.25) is 9.69 Å². The number of nitrogens with zero attached hydrogens (tertiary/aromatic N) is 1. The number of methoxy groups -OCH3 is 1. The van der Waals surface area contributed by atoms with Crippen molar-refractivity contribution in [3.8, 4) is 5.75 Å². The number of amides is 2. The molecule has 1 aromatic rings. The third kappa shape index (κ3) is 3.45. The molecule has 6 heteroatoms. The SMILES string of the molecule is COc1cccc(N(C)C(=O)NC2CCCC2C(=O)O)c1. The number of rotatable bonds is 4. The van der Waals surface area contributed by atoms with Crippen LogP contribution in [0, 0.1) is 5.92 Å². The van der Waals surface area contributed by atoms with E-state index in [1.807, 2.05) is 0 Å². The van der Waals surface area contributed by atoms with Gasteiger partial charge in [-0.15, -0.1) is 0 Å². The minimum absolute atomic E-state index is 0.303. The third-order valence-corrected chi connectivity index (χ3v) is 3.89. The molecule has 1 fully saturated rings. The summed E-state index contributed by atoms with van der Waals surface area (Å²) < 4.78 is 5.13. The predicted octanol–water partition coefficient (Wildman–Crippen LogP) is 2.09. The maximum atomic E-state index is 12.2. The van der Waals surface area contributed by atoms with Gasteiger partial charge < -0.3 is 15.2 Å². The first-order valence-electron chi connectivity index (χ1n) is 6.94. The monoisotopic (exact) mass is 292 g/mol. The van der Waals surface area contributed by atoms with E-state index in [0.29, 0.717) is 24.3 Å². The van der Waals surface area contributed by atoms with Crippen molar-refractivity contribution in [3.63, 3.8) is 0 Å². The Kier molecular flexibility index (Phi) is 4.67. The summed E-state index contributed by atoms with van der Waals surface area (Å²) in [6, 6.07) is 6.54. The molecule has 1 aromatic carbocycles. The predicted molar refractivity (Wildman–Crippen MR) is 78.7 cm³/mol. The summed E-state index contributed by atoms with van der Waals surface area (Å²) in [5.74, 6) is -0.675. The highest BCUT2D eigenvalue weighted by molar-refractivity contribution is 5.92. The lowest BCUT2D eigenvalue weighted by Crippen LogP contribution is -2.46. The van der Waals surface area contributed by atoms with E-state index >= 15 is 0 Å². The number of hydrogen-bond donors (Lipinski definition) is 2. The largest absolute Gasteiger partial charge is 0.497 e. The van der Waals surface area contributed by atoms with E-state index in [0.717, 1.165) is 6.42 Å². The topological polar surface area (TPSA) is 78.9 Å². The summed E-state index contributed by atoms with van der Waals surface area (Å²) in [6.45, 7) is 0. The van der Waals surface area contributed by atoms with Gasteiger partial charge in [-0.2, -0.15) is 0 Å². The highest BCUT2D eigenvalue weighted by Crippen LogP contribution is 2.26. The van der Waals surface area contributed by atoms with Crippen LogP contribution in [0.2, 0.25) is 0 Å². The molecule has 1 saturated carbocycles. The lowest BCUT2D eigenvalue weighted by Gasteiger charge is -2.23. The first kappa shape index (κ1) is 15.2. The lowest BCUT2D eigenvalue weighted by atomic mass is 10.0. The normalized spacial score (nSPS) is 20.9. The van der Waals surface area contributed by atoms with E-state index in [9.17, 15) is 9.59 Å². The molecule has 2 N–H and O–H groups in total. The molecule has 0 aromatic heterocycles. The van der Waals surface area contributed by atoms with Crippen molar-refractivity contribution >= 4 is 17.7 Å². The quantitative estimate of drug-likeness (QED) is 0.890. The van der Waals surface area contributed by atoms with Crippen molar-refractivity contribution in [1.82, 2.24) is 5.32 Å². The second-order valence-corrected chi connectivity index (χ2v) is 5.19. The fraction of sp³-hybridized carbons (Fsp3) is 0.467. The Balaban J connectivity index is 2.03. The molecule has 0 spiro atoms. The van der Waals surface area contributed by atoms with Crippen LogP contribution in [-0.4, -0.2) is 37.3 Å². The van der Waals surface area contributed by atoms with E-state index in [1.165, 1.54) is 4.90 Å². The van der Waals surface area contributed by atoms with E-state index in [1.54, 1.807) is 38.4 Å². The molecule has 0 bridgehead atoms. The summed E-state index contributed by atoms with van der Waals surface area (Å²) >= 11 is 0. The van der Waals surface area contributed by atoms with Gasteiger partial charge in [-0.1, -0.05) is 12.5 Å². The van der Waals surface area contributed by atoms with Gasteiger partial charge >= 0.3 is 12.0 Å². The standard InChI is InChI=1S/C15H20N2O4/c1-17(10-5-3-6-11(9-10)21-2)15(20)16-13-8-4-7-12(13)14(18)19/h3,5-6,9,12-13H,4,7-8H2,1-2H3,(H,16,20)(H,18,19). The summed E-state index contributed by atoms with van der Waals surface area (Å²) in [6.07, 6.45) is 2.14. The first-order chi connectivity index (χ1) is 10.0. The second kappa shape index (κ2) is 6.47. The van der Waals surface area contributed by atoms with Crippen LogP contribution < -0.4 is 15.0 Å². The molecular weight excluding hydrogens is 272 g/mol. The number of anilines is 1. The van der Waals surface area contributed by atoms with Crippen molar-refractivity contribution in [3.05, 3.63) is 24.3 Å². The maximum Gasteiger partial charge on any atom is 0.321 e. The number of carboxylic acids is 1. The molecule has 21 heavy (non-hydrogen) atoms. The number of hydrogen-bond acceptors (Lipinski definition) is 3. The highest BCUT2D eigenvalue weighted by Gasteiger charge is 2.34. The van der Waals surface area contributed by atoms with Crippen LogP contribution in [0.1, 0.15) is 19.3 Å². The number of carbonyl (C=O) groups excluding carboxylic acids is 1. The smallest absolute Gasteiger partial charge is 0.321 e. The van der Waals surface area contributed by atoms with Crippen LogP contribution in [0.25, 0.3) is 0 Å². The van der Waals surface area contributed by atoms with Crippen LogP contribution >= 0.6 is 0 Å². The van der Waals surface area contributed by atoms with Crippen molar-refractivity contribution in [2.75, 3.05) is 19.1 Å². The van der Waals surface area contributed by atoms with Crippen molar-refractivity contribution in [2.24, 2.45) is 5.92 Å². The van der Waals surface area contributed by atoms with Gasteiger partial charge in [-0.25, -0.2) is 4.79 Å². The van der Waals surface area contributed by atoms with Gasteiger partial charge in [0.1, 0.15) is 5.75 Å². The molecule has 114 valence electrons. The fourth-order valence-electron chi connectivity index (χ4n) is 2.62. The van der Waals surface area contributed by atoms with Gasteiger partial charge in [0, 0.05) is 24.8 Å². The van der Waals surface area contributed by atoms with Gasteiger partial charge in [-0.05, 0) is 25.0 Å². The van der Waals surface area contributed by atoms with Gasteiger partial charge in [0.2, 0.25) is 0 Å². The average Bonchev–Trinajstić information content (AvgIpc) is 2.94. The highest BCUT2D eigenvalue weighted by atomic mass is 16.5. The Hall–Kier alpha value is -2.24. The molecule has 0 radical (unpaired) electrons. The summed E-state index contributed by atoms with van der Waals surface area (Å²) in [7, 11) is 3.21. The van der Waals surface area contributed by atoms with E-state index in [4.69, 9.17) is 9.84 Å². The number of aliphatic carboxylic acids is 1. The third-order valence-electron chi connectivity index (χ3n) is 3.89. The molecular formula is C15H20N2O4. The van der Waals surface area contributed by atoms with Crippen molar-refractivity contribution in [2.45, 2.75) is 25.3 Å². The van der Waals surface area contributed by atoms with Gasteiger partial charge in [0.05, 0.1) is 13.0 Å². The number of carboxylic acid groups (broad SMARTS) is 1. The molecule has 0 aliphatic heterocycles. The Morgan fingerprint density at radius 1 is 1.38 bits per heavy atom. The number of urea groups is 1. The first-order valence-corrected chi connectivity index (χ1v) is 6.94. The maximum absolute atomic E-state index is 12.2. The molecule has 1 aliphatic rings. The molecule has 1 aliphatic carbocycles. The Morgan fingerprint density at radius 3 is 2.81 bits per heavy atom. The zero-order valence-corrected chi connectivity index (χ0v) is 12.2. The van der Waals surface area contributed by atoms with Crippen LogP contribution in [0.3, 0.4) is 0 Å². The van der Waals surface area contributed by atoms with Crippen LogP contribution in [0.5, 0.6) is 5.75 Å². The van der Waals surface area contributed by atoms with Crippen LogP contribution in [0.4, 0.5) is 10.5 Å². The number of carbonyl (C=O) groups is 2. The summed E-state index contributed by atoms with van der Waals surface area (Å²) in [5, 5.41) is 12.0. The molecule has 2 amide bonds. The minimum Gasteiger partial charge on any atom is -0.497 e. The number of ether oxygens (including phenoxy) is 1. The molecule has 0 saturated heterocycles. The van der Waals surface area contributed by atoms with E-state index < -0.39 is 11.9 Å². The van der Waals surface area contributed by atoms with E-state index in [-0.39, 0.29) is 12.1 Å². The fourth-order valence-corrected chi connectivity index (χ4v) is 2.62.